The number of carbonyl (C=O) groups is 1. The molecule has 3 heterocycles. The predicted octanol–water partition coefficient (Wildman–Crippen LogP) is 5.68. The molecule has 0 bridgehead atoms. The number of nitrogens with zero attached hydrogens (tertiary/aromatic N) is 4. The van der Waals surface area contributed by atoms with Crippen LogP contribution < -0.4 is 5.56 Å². The molecule has 0 unspecified atom stereocenters. The molecule has 0 saturated heterocycles. The summed E-state index contributed by atoms with van der Waals surface area (Å²) in [6.07, 6.45) is 6.10. The number of aromatic nitrogens is 3. The van der Waals surface area contributed by atoms with Gasteiger partial charge >= 0.3 is 0 Å². The van der Waals surface area contributed by atoms with Crippen molar-refractivity contribution in [1.29, 1.82) is 0 Å². The minimum atomic E-state index is -0.656. The van der Waals surface area contributed by atoms with Crippen LogP contribution in [0.25, 0.3) is 16.9 Å². The molecule has 0 N–H and O–H groups in total. The second-order valence-electron chi connectivity index (χ2n) is 9.65. The summed E-state index contributed by atoms with van der Waals surface area (Å²) in [4.78, 5) is 35.9. The lowest BCUT2D eigenvalue weighted by atomic mass is 10.0. The molecular formula is C29H26ClFN4O2. The number of hydrogen-bond acceptors (Lipinski definition) is 4. The zero-order valence-electron chi connectivity index (χ0n) is 21.0. The highest BCUT2D eigenvalue weighted by atomic mass is 35.5. The fraction of sp³-hybridized carbons (Fsp3) is 0.241. The summed E-state index contributed by atoms with van der Waals surface area (Å²) >= 11 is 6.66. The molecule has 2 atom stereocenters. The molecule has 5 rings (SSSR count). The topological polar surface area (TPSA) is 68.1 Å². The van der Waals surface area contributed by atoms with E-state index in [0.29, 0.717) is 11.4 Å². The maximum absolute atomic E-state index is 15.4. The Hall–Kier alpha value is -3.84. The lowest BCUT2D eigenvalue weighted by molar-refractivity contribution is 0.0823. The first-order valence-electron chi connectivity index (χ1n) is 12.0. The van der Waals surface area contributed by atoms with Crippen LogP contribution in [0, 0.1) is 19.7 Å². The third-order valence-corrected chi connectivity index (χ3v) is 7.27. The first-order chi connectivity index (χ1) is 17.7. The molecule has 6 nitrogen and oxygen atoms in total. The Balaban J connectivity index is 1.56. The summed E-state index contributed by atoms with van der Waals surface area (Å²) in [7, 11) is 3.14. The molecule has 1 amide bonds. The van der Waals surface area contributed by atoms with Crippen LogP contribution in [0.4, 0.5) is 4.39 Å². The highest BCUT2D eigenvalue weighted by Gasteiger charge is 2.41. The van der Waals surface area contributed by atoms with Gasteiger partial charge in [0.1, 0.15) is 10.8 Å². The van der Waals surface area contributed by atoms with Crippen LogP contribution in [0.3, 0.4) is 0 Å². The van der Waals surface area contributed by atoms with Crippen molar-refractivity contribution in [3.63, 3.8) is 0 Å². The van der Waals surface area contributed by atoms with Crippen molar-refractivity contribution in [2.75, 3.05) is 14.1 Å². The Morgan fingerprint density at radius 3 is 2.59 bits per heavy atom. The molecular weight excluding hydrogens is 491 g/mol. The lowest BCUT2D eigenvalue weighted by Gasteiger charge is -2.17. The number of carbonyl (C=O) groups excluding carboxylic acids is 1. The van der Waals surface area contributed by atoms with Crippen molar-refractivity contribution in [2.24, 2.45) is 0 Å². The maximum Gasteiger partial charge on any atom is 0.274 e. The molecule has 188 valence electrons. The number of amides is 1. The van der Waals surface area contributed by atoms with Crippen molar-refractivity contribution in [2.45, 2.75) is 32.1 Å². The van der Waals surface area contributed by atoms with Gasteiger partial charge in [-0.15, -0.1) is 0 Å². The summed E-state index contributed by atoms with van der Waals surface area (Å²) in [5.74, 6) is -0.643. The van der Waals surface area contributed by atoms with Crippen LogP contribution in [-0.2, 0) is 0 Å². The molecule has 1 aliphatic carbocycles. The Kier molecular flexibility index (Phi) is 6.42. The summed E-state index contributed by atoms with van der Waals surface area (Å²) < 4.78 is 16.9. The average molecular weight is 517 g/mol. The molecule has 1 saturated carbocycles. The second kappa shape index (κ2) is 9.56. The van der Waals surface area contributed by atoms with Gasteiger partial charge in [0.2, 0.25) is 0 Å². The Labute approximate surface area is 219 Å². The summed E-state index contributed by atoms with van der Waals surface area (Å²) in [5, 5.41) is 0.185. The van der Waals surface area contributed by atoms with Crippen LogP contribution in [0.1, 0.15) is 51.0 Å². The number of aryl methyl sites for hydroxylation is 2. The number of pyridine rings is 3. The Morgan fingerprint density at radius 2 is 1.89 bits per heavy atom. The van der Waals surface area contributed by atoms with E-state index in [0.717, 1.165) is 28.8 Å². The molecule has 1 fully saturated rings. The van der Waals surface area contributed by atoms with E-state index in [1.165, 1.54) is 11.0 Å². The lowest BCUT2D eigenvalue weighted by Crippen LogP contribution is -2.23. The smallest absolute Gasteiger partial charge is 0.274 e. The van der Waals surface area contributed by atoms with Crippen LogP contribution >= 0.6 is 11.6 Å². The zero-order valence-corrected chi connectivity index (χ0v) is 21.8. The number of hydrogen-bond donors (Lipinski definition) is 0. The van der Waals surface area contributed by atoms with E-state index in [2.05, 4.69) is 9.97 Å². The van der Waals surface area contributed by atoms with Gasteiger partial charge in [-0.1, -0.05) is 23.7 Å². The van der Waals surface area contributed by atoms with Gasteiger partial charge in [-0.3, -0.25) is 24.1 Å². The van der Waals surface area contributed by atoms with E-state index in [1.807, 2.05) is 38.2 Å². The van der Waals surface area contributed by atoms with E-state index >= 15 is 4.39 Å². The van der Waals surface area contributed by atoms with Gasteiger partial charge in [0.05, 0.1) is 16.9 Å². The van der Waals surface area contributed by atoms with Gasteiger partial charge in [-0.2, -0.15) is 0 Å². The monoisotopic (exact) mass is 516 g/mol. The largest absolute Gasteiger partial charge is 0.345 e. The molecule has 1 aliphatic rings. The van der Waals surface area contributed by atoms with Gasteiger partial charge in [0.15, 0.2) is 0 Å². The Morgan fingerprint density at radius 1 is 1.11 bits per heavy atom. The predicted molar refractivity (Wildman–Crippen MR) is 142 cm³/mol. The molecule has 3 aromatic heterocycles. The highest BCUT2D eigenvalue weighted by molar-refractivity contribution is 6.31. The SMILES string of the molecule is Cc1cnc(-c2cccc(C(=O)N(C)C)c2F)cc1-n1c(C)cc([C@H]2C[C@@H]2c2cccnc2)c(Cl)c1=O. The second-order valence-corrected chi connectivity index (χ2v) is 10.0. The molecule has 0 radical (unpaired) electrons. The van der Waals surface area contributed by atoms with E-state index < -0.39 is 11.7 Å². The standard InChI is InChI=1S/C29H26ClFN4O2/c1-16-14-33-24(19-8-5-9-20(27(19)31)28(36)34(3)4)13-25(16)35-17(2)11-23(26(30)29(35)37)22-12-21(22)18-7-6-10-32-15-18/h5-11,13-15,21-22H,12H2,1-4H3/t21-,22+/m1/s1. The molecule has 0 aliphatic heterocycles. The quantitative estimate of drug-likeness (QED) is 0.342. The van der Waals surface area contributed by atoms with Gasteiger partial charge < -0.3 is 4.90 Å². The van der Waals surface area contributed by atoms with Crippen LogP contribution in [0.5, 0.6) is 0 Å². The number of rotatable bonds is 5. The van der Waals surface area contributed by atoms with E-state index in [9.17, 15) is 9.59 Å². The van der Waals surface area contributed by atoms with E-state index in [1.54, 1.807) is 49.3 Å². The number of halogens is 2. The van der Waals surface area contributed by atoms with Gasteiger partial charge in [0, 0.05) is 43.9 Å². The van der Waals surface area contributed by atoms with Crippen molar-refractivity contribution < 1.29 is 9.18 Å². The van der Waals surface area contributed by atoms with Crippen molar-refractivity contribution >= 4 is 17.5 Å². The molecule has 1 aromatic carbocycles. The zero-order chi connectivity index (χ0) is 26.4. The van der Waals surface area contributed by atoms with Gasteiger partial charge in [0.25, 0.3) is 11.5 Å². The first-order valence-corrected chi connectivity index (χ1v) is 12.4. The van der Waals surface area contributed by atoms with Crippen LogP contribution in [-0.4, -0.2) is 39.4 Å². The third kappa shape index (κ3) is 4.44. The molecule has 4 aromatic rings. The normalized spacial score (nSPS) is 16.5. The van der Waals surface area contributed by atoms with E-state index in [4.69, 9.17) is 11.6 Å². The molecule has 0 spiro atoms. The van der Waals surface area contributed by atoms with Crippen molar-refractivity contribution in [3.8, 4) is 16.9 Å². The summed E-state index contributed by atoms with van der Waals surface area (Å²) in [5.41, 5.74) is 4.11. The maximum atomic E-state index is 15.4. The third-order valence-electron chi connectivity index (χ3n) is 6.89. The van der Waals surface area contributed by atoms with Crippen LogP contribution in [0.15, 0.2) is 65.8 Å². The van der Waals surface area contributed by atoms with E-state index in [-0.39, 0.29) is 33.5 Å². The summed E-state index contributed by atoms with van der Waals surface area (Å²) in [6, 6.07) is 12.2. The minimum Gasteiger partial charge on any atom is -0.345 e. The molecule has 8 heteroatoms. The molecule has 37 heavy (non-hydrogen) atoms. The van der Waals surface area contributed by atoms with Crippen molar-refractivity contribution in [3.05, 3.63) is 110 Å². The summed E-state index contributed by atoms with van der Waals surface area (Å²) in [6.45, 7) is 3.70. The number of benzene rings is 1. The van der Waals surface area contributed by atoms with Gasteiger partial charge in [-0.05, 0) is 79.1 Å². The fourth-order valence-electron chi connectivity index (χ4n) is 4.84. The fourth-order valence-corrected chi connectivity index (χ4v) is 5.12. The minimum absolute atomic E-state index is 0.0419. The van der Waals surface area contributed by atoms with Crippen molar-refractivity contribution in [1.82, 2.24) is 19.4 Å². The highest BCUT2D eigenvalue weighted by Crippen LogP contribution is 2.55. The Bertz CT molecular complexity index is 1580. The first kappa shape index (κ1) is 24.8. The van der Waals surface area contributed by atoms with Gasteiger partial charge in [-0.25, -0.2) is 4.39 Å². The average Bonchev–Trinajstić information content (AvgIpc) is 3.68. The van der Waals surface area contributed by atoms with Crippen LogP contribution in [0.2, 0.25) is 5.02 Å².